The van der Waals surface area contributed by atoms with E-state index >= 15 is 0 Å². The molecule has 0 N–H and O–H groups in total. The zero-order valence-corrected chi connectivity index (χ0v) is 10.4. The first-order chi connectivity index (χ1) is 7.99. The van der Waals surface area contributed by atoms with E-state index in [1.54, 1.807) is 0 Å². The van der Waals surface area contributed by atoms with Gasteiger partial charge in [-0.05, 0) is 6.07 Å². The number of ether oxygens (including phenoxy) is 1. The van der Waals surface area contributed by atoms with Crippen LogP contribution in [0.15, 0.2) is 6.07 Å². The minimum absolute atomic E-state index is 0.0169. The molecule has 0 amide bonds. The van der Waals surface area contributed by atoms with Gasteiger partial charge in [0.15, 0.2) is 0 Å². The van der Waals surface area contributed by atoms with Gasteiger partial charge in [-0.1, -0.05) is 11.6 Å². The van der Waals surface area contributed by atoms with Gasteiger partial charge >= 0.3 is 5.97 Å². The van der Waals surface area contributed by atoms with Crippen molar-refractivity contribution in [1.29, 1.82) is 0 Å². The van der Waals surface area contributed by atoms with Gasteiger partial charge in [0, 0.05) is 11.1 Å². The number of hydrogen-bond acceptors (Lipinski definition) is 3. The molecule has 0 atom stereocenters. The summed E-state index contributed by atoms with van der Waals surface area (Å²) in [4.78, 5) is 14.8. The fourth-order valence-electron chi connectivity index (χ4n) is 1.22. The van der Waals surface area contributed by atoms with Crippen LogP contribution in [0.3, 0.4) is 0 Å². The van der Waals surface area contributed by atoms with Crippen molar-refractivity contribution in [1.82, 2.24) is 4.98 Å². The van der Waals surface area contributed by atoms with E-state index in [0.717, 1.165) is 6.07 Å². The van der Waals surface area contributed by atoms with Gasteiger partial charge in [0.1, 0.15) is 5.15 Å². The zero-order valence-electron chi connectivity index (χ0n) is 8.84. The summed E-state index contributed by atoms with van der Waals surface area (Å²) in [6, 6.07) is 1.16. The molecule has 1 heterocycles. The van der Waals surface area contributed by atoms with E-state index in [1.807, 2.05) is 0 Å². The van der Waals surface area contributed by atoms with Crippen molar-refractivity contribution in [2.75, 3.05) is 7.11 Å². The first kappa shape index (κ1) is 14.1. The molecule has 1 rings (SSSR count). The average molecular weight is 284 g/mol. The fourth-order valence-corrected chi connectivity index (χ4v) is 1.71. The first-order valence-electron chi connectivity index (χ1n) is 4.58. The summed E-state index contributed by atoms with van der Waals surface area (Å²) in [5.74, 6) is -0.682. The molecule has 7 heteroatoms. The summed E-state index contributed by atoms with van der Waals surface area (Å²) in [7, 11) is 1.17. The summed E-state index contributed by atoms with van der Waals surface area (Å²) >= 11 is 11.3. The molecule has 0 radical (unpaired) electrons. The Morgan fingerprint density at radius 1 is 1.59 bits per heavy atom. The number of rotatable bonds is 4. The minimum Gasteiger partial charge on any atom is -0.469 e. The molecule has 0 fully saturated rings. The van der Waals surface area contributed by atoms with E-state index in [4.69, 9.17) is 23.2 Å². The molecular weight excluding hydrogens is 275 g/mol. The van der Waals surface area contributed by atoms with Crippen LogP contribution in [0.2, 0.25) is 5.15 Å². The number of carbonyl (C=O) groups excluding carboxylic acids is 1. The van der Waals surface area contributed by atoms with E-state index in [9.17, 15) is 13.6 Å². The Hall–Kier alpha value is -0.940. The molecule has 0 bridgehead atoms. The molecule has 1 aromatic heterocycles. The summed E-state index contributed by atoms with van der Waals surface area (Å²) < 4.78 is 29.9. The molecule has 0 aromatic carbocycles. The quantitative estimate of drug-likeness (QED) is 0.484. The number of pyridine rings is 1. The van der Waals surface area contributed by atoms with E-state index in [0.29, 0.717) is 5.56 Å². The lowest BCUT2D eigenvalue weighted by atomic mass is 10.1. The largest absolute Gasteiger partial charge is 0.469 e. The second-order valence-corrected chi connectivity index (χ2v) is 3.79. The summed E-state index contributed by atoms with van der Waals surface area (Å²) in [5.41, 5.74) is -0.140. The highest BCUT2D eigenvalue weighted by atomic mass is 35.5. The molecule has 0 aliphatic carbocycles. The molecule has 3 nitrogen and oxygen atoms in total. The lowest BCUT2D eigenvalue weighted by molar-refractivity contribution is -0.139. The highest BCUT2D eigenvalue weighted by Gasteiger charge is 2.19. The third-order valence-electron chi connectivity index (χ3n) is 2.08. The van der Waals surface area contributed by atoms with Gasteiger partial charge in [0.05, 0.1) is 25.1 Å². The first-order valence-corrected chi connectivity index (χ1v) is 5.50. The van der Waals surface area contributed by atoms with Crippen molar-refractivity contribution in [3.8, 4) is 0 Å². The summed E-state index contributed by atoms with van der Waals surface area (Å²) in [6.45, 7) is 0. The van der Waals surface area contributed by atoms with Crippen LogP contribution in [0.25, 0.3) is 0 Å². The van der Waals surface area contributed by atoms with Crippen LogP contribution in [-0.4, -0.2) is 18.1 Å². The molecule has 0 unspecified atom stereocenters. The predicted octanol–water partition coefficient (Wildman–Crippen LogP) is 3.13. The zero-order chi connectivity index (χ0) is 13.0. The van der Waals surface area contributed by atoms with Gasteiger partial charge in [-0.3, -0.25) is 4.79 Å². The SMILES string of the molecule is COC(=O)Cc1nc(Cl)c(CCl)cc1C(F)F. The Morgan fingerprint density at radius 3 is 2.71 bits per heavy atom. The van der Waals surface area contributed by atoms with Gasteiger partial charge < -0.3 is 4.74 Å². The van der Waals surface area contributed by atoms with Crippen molar-refractivity contribution in [3.05, 3.63) is 28.0 Å². The smallest absolute Gasteiger partial charge is 0.311 e. The number of hydrogen-bond donors (Lipinski definition) is 0. The summed E-state index contributed by atoms with van der Waals surface area (Å²) in [6.07, 6.45) is -3.10. The van der Waals surface area contributed by atoms with Crippen molar-refractivity contribution >= 4 is 29.2 Å². The molecule has 0 spiro atoms. The maximum atomic E-state index is 12.8. The molecule has 0 saturated heterocycles. The molecule has 0 aliphatic heterocycles. The third-order valence-corrected chi connectivity index (χ3v) is 2.69. The van der Waals surface area contributed by atoms with Crippen molar-refractivity contribution in [2.45, 2.75) is 18.7 Å². The second kappa shape index (κ2) is 6.12. The lowest BCUT2D eigenvalue weighted by Crippen LogP contribution is -2.10. The summed E-state index contributed by atoms with van der Waals surface area (Å²) in [5, 5.41) is 0.0169. The highest BCUT2D eigenvalue weighted by molar-refractivity contribution is 6.31. The number of methoxy groups -OCH3 is 1. The minimum atomic E-state index is -2.75. The van der Waals surface area contributed by atoms with Crippen molar-refractivity contribution in [3.63, 3.8) is 0 Å². The molecule has 1 aromatic rings. The Balaban J connectivity index is 3.18. The second-order valence-electron chi connectivity index (χ2n) is 3.16. The van der Waals surface area contributed by atoms with Crippen LogP contribution < -0.4 is 0 Å². The lowest BCUT2D eigenvalue weighted by Gasteiger charge is -2.10. The number of aromatic nitrogens is 1. The standard InChI is InChI=1S/C10H9Cl2F2NO2/c1-17-8(16)3-7-6(10(13)14)2-5(4-11)9(12)15-7/h2,10H,3-4H2,1H3. The van der Waals surface area contributed by atoms with Gasteiger partial charge in [-0.25, -0.2) is 13.8 Å². The van der Waals surface area contributed by atoms with Gasteiger partial charge in [0.2, 0.25) is 0 Å². The Morgan fingerprint density at radius 2 is 2.24 bits per heavy atom. The molecule has 17 heavy (non-hydrogen) atoms. The monoisotopic (exact) mass is 283 g/mol. The predicted molar refractivity (Wildman–Crippen MR) is 59.5 cm³/mol. The number of carbonyl (C=O) groups is 1. The average Bonchev–Trinajstić information content (AvgIpc) is 2.28. The highest BCUT2D eigenvalue weighted by Crippen LogP contribution is 2.27. The van der Waals surface area contributed by atoms with Crippen LogP contribution in [0, 0.1) is 0 Å². The van der Waals surface area contributed by atoms with E-state index < -0.39 is 12.4 Å². The normalized spacial score (nSPS) is 10.7. The van der Waals surface area contributed by atoms with Crippen molar-refractivity contribution in [2.24, 2.45) is 0 Å². The van der Waals surface area contributed by atoms with E-state index in [-0.39, 0.29) is 28.7 Å². The molecular formula is C10H9Cl2F2NO2. The van der Waals surface area contributed by atoms with Gasteiger partial charge in [-0.15, -0.1) is 11.6 Å². The van der Waals surface area contributed by atoms with E-state index in [2.05, 4.69) is 9.72 Å². The van der Waals surface area contributed by atoms with Crippen LogP contribution in [0.1, 0.15) is 23.2 Å². The number of halogens is 4. The van der Waals surface area contributed by atoms with Crippen LogP contribution >= 0.6 is 23.2 Å². The third kappa shape index (κ3) is 3.51. The number of alkyl halides is 3. The van der Waals surface area contributed by atoms with Gasteiger partial charge in [-0.2, -0.15) is 0 Å². The van der Waals surface area contributed by atoms with Crippen molar-refractivity contribution < 1.29 is 18.3 Å². The maximum absolute atomic E-state index is 12.8. The van der Waals surface area contributed by atoms with Gasteiger partial charge in [0.25, 0.3) is 6.43 Å². The Labute approximate surface area is 107 Å². The molecule has 0 saturated carbocycles. The molecule has 94 valence electrons. The Bertz CT molecular complexity index is 427. The number of nitrogens with zero attached hydrogens (tertiary/aromatic N) is 1. The topological polar surface area (TPSA) is 39.2 Å². The van der Waals surface area contributed by atoms with Crippen LogP contribution in [0.5, 0.6) is 0 Å². The van der Waals surface area contributed by atoms with E-state index in [1.165, 1.54) is 7.11 Å². The van der Waals surface area contributed by atoms with Crippen LogP contribution in [-0.2, 0) is 21.8 Å². The fraction of sp³-hybridized carbons (Fsp3) is 0.400. The maximum Gasteiger partial charge on any atom is 0.311 e. The Kier molecular flexibility index (Phi) is 5.08. The van der Waals surface area contributed by atoms with Crippen LogP contribution in [0.4, 0.5) is 8.78 Å². The molecule has 0 aliphatic rings. The number of esters is 1.